The topological polar surface area (TPSA) is 24.5 Å². The smallest absolute Gasteiger partial charge is 0.0635 e. The molecule has 0 amide bonds. The first-order valence-corrected chi connectivity index (χ1v) is 7.83. The average molecular weight is 274 g/mol. The van der Waals surface area contributed by atoms with Crippen LogP contribution in [-0.2, 0) is 11.3 Å². The fraction of sp³-hybridized carbons (Fsp3) is 0.647. The van der Waals surface area contributed by atoms with Gasteiger partial charge in [-0.05, 0) is 32.3 Å². The van der Waals surface area contributed by atoms with Crippen molar-refractivity contribution in [3.8, 4) is 0 Å². The van der Waals surface area contributed by atoms with Gasteiger partial charge in [0.1, 0.15) is 0 Å². The van der Waals surface area contributed by atoms with Gasteiger partial charge in [0.25, 0.3) is 0 Å². The standard InChI is InChI=1S/C17H26N2O/c1-13-7-14(2)9-15(8-13)11-19-5-6-20-12-17(19)10-18-16-3-4-16/h7-9,16-18H,3-6,10-12H2,1-2H3. The molecule has 0 radical (unpaired) electrons. The third kappa shape index (κ3) is 3.81. The van der Waals surface area contributed by atoms with Gasteiger partial charge in [0.2, 0.25) is 0 Å². The average Bonchev–Trinajstić information content (AvgIpc) is 3.20. The molecular formula is C17H26N2O. The molecule has 1 aromatic rings. The lowest BCUT2D eigenvalue weighted by Crippen LogP contribution is -2.50. The van der Waals surface area contributed by atoms with E-state index in [9.17, 15) is 0 Å². The highest BCUT2D eigenvalue weighted by Gasteiger charge is 2.26. The van der Waals surface area contributed by atoms with Crippen LogP contribution >= 0.6 is 0 Å². The number of hydrogen-bond acceptors (Lipinski definition) is 3. The van der Waals surface area contributed by atoms with Crippen LogP contribution in [0.3, 0.4) is 0 Å². The number of aryl methyl sites for hydroxylation is 2. The van der Waals surface area contributed by atoms with Crippen molar-refractivity contribution in [3.63, 3.8) is 0 Å². The van der Waals surface area contributed by atoms with Crippen LogP contribution in [-0.4, -0.2) is 43.3 Å². The summed E-state index contributed by atoms with van der Waals surface area (Å²) in [6.45, 7) is 9.25. The van der Waals surface area contributed by atoms with Crippen molar-refractivity contribution in [1.29, 1.82) is 0 Å². The maximum absolute atomic E-state index is 5.67. The highest BCUT2D eigenvalue weighted by molar-refractivity contribution is 5.28. The lowest BCUT2D eigenvalue weighted by atomic mass is 10.1. The van der Waals surface area contributed by atoms with Crippen molar-refractivity contribution in [2.75, 3.05) is 26.3 Å². The van der Waals surface area contributed by atoms with E-state index in [1.807, 2.05) is 0 Å². The zero-order valence-electron chi connectivity index (χ0n) is 12.7. The van der Waals surface area contributed by atoms with Gasteiger partial charge < -0.3 is 10.1 Å². The summed E-state index contributed by atoms with van der Waals surface area (Å²) < 4.78 is 5.67. The number of rotatable bonds is 5. The maximum Gasteiger partial charge on any atom is 0.0635 e. The number of nitrogens with one attached hydrogen (secondary N) is 1. The third-order valence-electron chi connectivity index (χ3n) is 4.24. The molecule has 110 valence electrons. The minimum Gasteiger partial charge on any atom is -0.378 e. The molecule has 3 rings (SSSR count). The van der Waals surface area contributed by atoms with E-state index in [4.69, 9.17) is 4.74 Å². The van der Waals surface area contributed by atoms with Gasteiger partial charge in [-0.2, -0.15) is 0 Å². The van der Waals surface area contributed by atoms with E-state index in [2.05, 4.69) is 42.3 Å². The van der Waals surface area contributed by atoms with Gasteiger partial charge in [0, 0.05) is 31.7 Å². The van der Waals surface area contributed by atoms with Gasteiger partial charge in [-0.1, -0.05) is 29.3 Å². The quantitative estimate of drug-likeness (QED) is 0.891. The molecule has 1 saturated carbocycles. The first-order valence-electron chi connectivity index (χ1n) is 7.83. The Labute approximate surface area is 122 Å². The van der Waals surface area contributed by atoms with E-state index < -0.39 is 0 Å². The minimum absolute atomic E-state index is 0.519. The zero-order chi connectivity index (χ0) is 13.9. The summed E-state index contributed by atoms with van der Waals surface area (Å²) in [5.74, 6) is 0. The predicted octanol–water partition coefficient (Wildman–Crippen LogP) is 2.26. The predicted molar refractivity (Wildman–Crippen MR) is 82.0 cm³/mol. The molecule has 1 unspecified atom stereocenters. The van der Waals surface area contributed by atoms with Crippen LogP contribution in [0.1, 0.15) is 29.5 Å². The number of ether oxygens (including phenoxy) is 1. The Kier molecular flexibility index (Phi) is 4.39. The van der Waals surface area contributed by atoms with E-state index in [0.717, 1.165) is 38.9 Å². The van der Waals surface area contributed by atoms with E-state index in [-0.39, 0.29) is 0 Å². The Morgan fingerprint density at radius 1 is 1.20 bits per heavy atom. The van der Waals surface area contributed by atoms with Crippen molar-refractivity contribution in [3.05, 3.63) is 34.9 Å². The maximum atomic E-state index is 5.67. The van der Waals surface area contributed by atoms with Gasteiger partial charge >= 0.3 is 0 Å². The van der Waals surface area contributed by atoms with Crippen molar-refractivity contribution in [1.82, 2.24) is 10.2 Å². The van der Waals surface area contributed by atoms with Crippen LogP contribution in [0, 0.1) is 13.8 Å². The molecule has 1 saturated heterocycles. The molecule has 0 spiro atoms. The van der Waals surface area contributed by atoms with Crippen LogP contribution in [0.2, 0.25) is 0 Å². The van der Waals surface area contributed by atoms with Crippen molar-refractivity contribution >= 4 is 0 Å². The Morgan fingerprint density at radius 2 is 1.95 bits per heavy atom. The molecule has 1 aromatic carbocycles. The number of benzene rings is 1. The van der Waals surface area contributed by atoms with E-state index >= 15 is 0 Å². The lowest BCUT2D eigenvalue weighted by molar-refractivity contribution is -0.0110. The Balaban J connectivity index is 1.62. The van der Waals surface area contributed by atoms with Gasteiger partial charge in [-0.3, -0.25) is 4.90 Å². The van der Waals surface area contributed by atoms with Crippen molar-refractivity contribution in [2.45, 2.75) is 45.3 Å². The van der Waals surface area contributed by atoms with Gasteiger partial charge in [-0.15, -0.1) is 0 Å². The van der Waals surface area contributed by atoms with Gasteiger partial charge in [-0.25, -0.2) is 0 Å². The normalized spacial score (nSPS) is 24.0. The molecule has 0 aromatic heterocycles. The van der Waals surface area contributed by atoms with Gasteiger partial charge in [0.15, 0.2) is 0 Å². The number of hydrogen-bond donors (Lipinski definition) is 1. The SMILES string of the molecule is Cc1cc(C)cc(CN2CCOCC2CNC2CC2)c1. The molecule has 1 atom stereocenters. The summed E-state index contributed by atoms with van der Waals surface area (Å²) >= 11 is 0. The summed E-state index contributed by atoms with van der Waals surface area (Å²) in [5, 5.41) is 3.64. The van der Waals surface area contributed by atoms with Crippen LogP contribution in [0.5, 0.6) is 0 Å². The van der Waals surface area contributed by atoms with Crippen molar-refractivity contribution in [2.24, 2.45) is 0 Å². The summed E-state index contributed by atoms with van der Waals surface area (Å²) in [6.07, 6.45) is 2.70. The minimum atomic E-state index is 0.519. The molecule has 2 fully saturated rings. The monoisotopic (exact) mass is 274 g/mol. The highest BCUT2D eigenvalue weighted by Crippen LogP contribution is 2.20. The fourth-order valence-electron chi connectivity index (χ4n) is 3.07. The van der Waals surface area contributed by atoms with Crippen LogP contribution in [0.25, 0.3) is 0 Å². The number of nitrogens with zero attached hydrogens (tertiary/aromatic N) is 1. The van der Waals surface area contributed by atoms with Crippen LogP contribution < -0.4 is 5.32 Å². The molecule has 3 heteroatoms. The largest absolute Gasteiger partial charge is 0.378 e. The summed E-state index contributed by atoms with van der Waals surface area (Å²) in [5.41, 5.74) is 4.16. The third-order valence-corrected chi connectivity index (χ3v) is 4.24. The molecule has 0 bridgehead atoms. The fourth-order valence-corrected chi connectivity index (χ4v) is 3.07. The molecule has 20 heavy (non-hydrogen) atoms. The molecule has 1 N–H and O–H groups in total. The number of morpholine rings is 1. The molecule has 2 aliphatic rings. The van der Waals surface area contributed by atoms with E-state index in [1.165, 1.54) is 29.5 Å². The summed E-state index contributed by atoms with van der Waals surface area (Å²) in [7, 11) is 0. The Hall–Kier alpha value is -0.900. The van der Waals surface area contributed by atoms with E-state index in [1.54, 1.807) is 0 Å². The molecular weight excluding hydrogens is 248 g/mol. The van der Waals surface area contributed by atoms with Crippen LogP contribution in [0.4, 0.5) is 0 Å². The summed E-state index contributed by atoms with van der Waals surface area (Å²) in [6, 6.07) is 8.17. The van der Waals surface area contributed by atoms with Crippen LogP contribution in [0.15, 0.2) is 18.2 Å². The molecule has 1 aliphatic carbocycles. The first kappa shape index (κ1) is 14.1. The second kappa shape index (κ2) is 6.25. The lowest BCUT2D eigenvalue weighted by Gasteiger charge is -2.36. The molecule has 3 nitrogen and oxygen atoms in total. The Bertz CT molecular complexity index is 436. The second-order valence-electron chi connectivity index (χ2n) is 6.38. The summed E-state index contributed by atoms with van der Waals surface area (Å²) in [4.78, 5) is 2.58. The van der Waals surface area contributed by atoms with Gasteiger partial charge in [0.05, 0.1) is 13.2 Å². The van der Waals surface area contributed by atoms with Crippen molar-refractivity contribution < 1.29 is 4.74 Å². The zero-order valence-corrected chi connectivity index (χ0v) is 12.7. The van der Waals surface area contributed by atoms with E-state index in [0.29, 0.717) is 6.04 Å². The molecule has 1 aliphatic heterocycles. The second-order valence-corrected chi connectivity index (χ2v) is 6.38. The Morgan fingerprint density at radius 3 is 2.65 bits per heavy atom. The first-order chi connectivity index (χ1) is 9.70. The highest BCUT2D eigenvalue weighted by atomic mass is 16.5. The molecule has 1 heterocycles.